The molecule has 0 atom stereocenters. The Morgan fingerprint density at radius 3 is 2.33 bits per heavy atom. The Kier molecular flexibility index (Phi) is 7.62. The summed E-state index contributed by atoms with van der Waals surface area (Å²) < 4.78 is 0. The van der Waals surface area contributed by atoms with Gasteiger partial charge in [0.1, 0.15) is 0 Å². The average Bonchev–Trinajstić information content (AvgIpc) is 2.25. The fourth-order valence-corrected chi connectivity index (χ4v) is 1.19. The van der Waals surface area contributed by atoms with Gasteiger partial charge in [0.25, 0.3) is 0 Å². The second-order valence-corrected chi connectivity index (χ2v) is 3.17. The lowest BCUT2D eigenvalue weighted by Gasteiger charge is -2.18. The number of aliphatic hydroxyl groups excluding tert-OH is 1. The summed E-state index contributed by atoms with van der Waals surface area (Å²) in [5.74, 6) is -0.262. The minimum atomic E-state index is -0.190. The highest BCUT2D eigenvalue weighted by atomic mass is 16.3. The van der Waals surface area contributed by atoms with Crippen molar-refractivity contribution < 1.29 is 14.7 Å². The van der Waals surface area contributed by atoms with E-state index in [0.717, 1.165) is 0 Å². The van der Waals surface area contributed by atoms with Gasteiger partial charge in [-0.3, -0.25) is 9.59 Å². The lowest BCUT2D eigenvalue weighted by atomic mass is 10.3. The maximum atomic E-state index is 11.4. The third-order valence-corrected chi connectivity index (χ3v) is 2.11. The normalized spacial score (nSPS) is 9.80. The molecule has 0 fully saturated rings. The van der Waals surface area contributed by atoms with Gasteiger partial charge >= 0.3 is 0 Å². The molecule has 88 valence electrons. The van der Waals surface area contributed by atoms with Crippen molar-refractivity contribution in [3.8, 4) is 0 Å². The van der Waals surface area contributed by atoms with Crippen molar-refractivity contribution in [3.05, 3.63) is 0 Å². The van der Waals surface area contributed by atoms with Crippen LogP contribution in [0.15, 0.2) is 0 Å². The van der Waals surface area contributed by atoms with E-state index in [1.54, 1.807) is 4.90 Å². The van der Waals surface area contributed by atoms with Crippen LogP contribution < -0.4 is 5.32 Å². The van der Waals surface area contributed by atoms with Crippen molar-refractivity contribution >= 4 is 11.8 Å². The van der Waals surface area contributed by atoms with Gasteiger partial charge in [0.2, 0.25) is 11.8 Å². The van der Waals surface area contributed by atoms with Gasteiger partial charge < -0.3 is 15.3 Å². The number of likely N-dealkylation sites (N-methyl/N-ethyl adjacent to an activating group) is 1. The zero-order valence-corrected chi connectivity index (χ0v) is 9.45. The molecule has 0 aromatic rings. The highest BCUT2D eigenvalue weighted by Gasteiger charge is 2.10. The number of nitrogens with one attached hydrogen (secondary N) is 1. The molecule has 0 bridgehead atoms. The Bertz CT molecular complexity index is 203. The van der Waals surface area contributed by atoms with Crippen molar-refractivity contribution in [1.82, 2.24) is 10.2 Å². The molecule has 0 aliphatic carbocycles. The molecule has 0 rings (SSSR count). The van der Waals surface area contributed by atoms with Crippen LogP contribution in [0.2, 0.25) is 0 Å². The zero-order chi connectivity index (χ0) is 11.7. The fourth-order valence-electron chi connectivity index (χ4n) is 1.19. The molecule has 0 heterocycles. The average molecular weight is 216 g/mol. The molecule has 0 saturated carbocycles. The van der Waals surface area contributed by atoms with Gasteiger partial charge in [-0.15, -0.1) is 0 Å². The standard InChI is InChI=1S/C10H20N2O3/c1-3-12(4-2)10(15)8-11-9(14)6-5-7-13/h13H,3-8H2,1-2H3,(H,11,14). The summed E-state index contributed by atoms with van der Waals surface area (Å²) in [5.41, 5.74) is 0. The largest absolute Gasteiger partial charge is 0.396 e. The van der Waals surface area contributed by atoms with Crippen molar-refractivity contribution in [2.75, 3.05) is 26.2 Å². The van der Waals surface area contributed by atoms with Crippen molar-refractivity contribution in [2.45, 2.75) is 26.7 Å². The summed E-state index contributed by atoms with van der Waals surface area (Å²) >= 11 is 0. The van der Waals surface area contributed by atoms with Gasteiger partial charge in [0.15, 0.2) is 0 Å². The lowest BCUT2D eigenvalue weighted by Crippen LogP contribution is -2.39. The van der Waals surface area contributed by atoms with E-state index in [1.807, 2.05) is 13.8 Å². The van der Waals surface area contributed by atoms with Crippen LogP contribution in [0.5, 0.6) is 0 Å². The van der Waals surface area contributed by atoms with Gasteiger partial charge in [-0.25, -0.2) is 0 Å². The smallest absolute Gasteiger partial charge is 0.241 e. The summed E-state index contributed by atoms with van der Waals surface area (Å²) in [7, 11) is 0. The second kappa shape index (κ2) is 8.23. The first kappa shape index (κ1) is 13.9. The molecule has 2 N–H and O–H groups in total. The van der Waals surface area contributed by atoms with E-state index in [-0.39, 0.29) is 31.4 Å². The highest BCUT2D eigenvalue weighted by Crippen LogP contribution is 1.89. The first-order chi connectivity index (χ1) is 7.15. The fraction of sp³-hybridized carbons (Fsp3) is 0.800. The molecule has 2 amide bonds. The first-order valence-electron chi connectivity index (χ1n) is 5.31. The molecule has 0 aromatic heterocycles. The highest BCUT2D eigenvalue weighted by molar-refractivity contribution is 5.84. The molecular weight excluding hydrogens is 196 g/mol. The Morgan fingerprint density at radius 1 is 1.27 bits per heavy atom. The lowest BCUT2D eigenvalue weighted by molar-refractivity contribution is -0.132. The number of hydrogen-bond acceptors (Lipinski definition) is 3. The quantitative estimate of drug-likeness (QED) is 0.616. The summed E-state index contributed by atoms with van der Waals surface area (Å²) in [5, 5.41) is 11.0. The summed E-state index contributed by atoms with van der Waals surface area (Å²) in [6.07, 6.45) is 0.702. The molecule has 0 aliphatic rings. The van der Waals surface area contributed by atoms with Gasteiger partial charge in [-0.05, 0) is 20.3 Å². The molecule has 5 nitrogen and oxygen atoms in total. The minimum absolute atomic E-state index is 0.00257. The van der Waals surface area contributed by atoms with Crippen molar-refractivity contribution in [1.29, 1.82) is 0 Å². The molecule has 0 aromatic carbocycles. The van der Waals surface area contributed by atoms with Crippen LogP contribution in [-0.4, -0.2) is 48.1 Å². The number of hydrogen-bond donors (Lipinski definition) is 2. The number of nitrogens with zero attached hydrogens (tertiary/aromatic N) is 1. The van der Waals surface area contributed by atoms with Crippen molar-refractivity contribution in [2.24, 2.45) is 0 Å². The number of aliphatic hydroxyl groups is 1. The number of carbonyl (C=O) groups is 2. The van der Waals surface area contributed by atoms with Crippen LogP contribution in [0.4, 0.5) is 0 Å². The molecule has 0 radical (unpaired) electrons. The number of rotatable bonds is 7. The molecule has 0 unspecified atom stereocenters. The van der Waals surface area contributed by atoms with E-state index in [4.69, 9.17) is 5.11 Å². The molecule has 0 spiro atoms. The number of amides is 2. The minimum Gasteiger partial charge on any atom is -0.396 e. The summed E-state index contributed by atoms with van der Waals surface area (Å²) in [6, 6.07) is 0. The van der Waals surface area contributed by atoms with Crippen LogP contribution in [0.25, 0.3) is 0 Å². The van der Waals surface area contributed by atoms with E-state index in [1.165, 1.54) is 0 Å². The summed E-state index contributed by atoms with van der Waals surface area (Å²) in [6.45, 7) is 5.15. The van der Waals surface area contributed by atoms with Crippen LogP contribution in [0, 0.1) is 0 Å². The van der Waals surface area contributed by atoms with Gasteiger partial charge in [-0.2, -0.15) is 0 Å². The Morgan fingerprint density at radius 2 is 1.87 bits per heavy atom. The topological polar surface area (TPSA) is 69.6 Å². The SMILES string of the molecule is CCN(CC)C(=O)CNC(=O)CCCO. The first-order valence-corrected chi connectivity index (χ1v) is 5.31. The predicted octanol–water partition coefficient (Wildman–Crippen LogP) is -0.257. The second-order valence-electron chi connectivity index (χ2n) is 3.17. The van der Waals surface area contributed by atoms with E-state index in [2.05, 4.69) is 5.32 Å². The van der Waals surface area contributed by atoms with E-state index in [0.29, 0.717) is 19.5 Å². The van der Waals surface area contributed by atoms with Crippen LogP contribution in [0.1, 0.15) is 26.7 Å². The molecule has 0 aliphatic heterocycles. The molecule has 0 saturated heterocycles. The molecular formula is C10H20N2O3. The van der Waals surface area contributed by atoms with Gasteiger partial charge in [0.05, 0.1) is 6.54 Å². The zero-order valence-electron chi connectivity index (χ0n) is 9.45. The van der Waals surface area contributed by atoms with Crippen LogP contribution >= 0.6 is 0 Å². The monoisotopic (exact) mass is 216 g/mol. The van der Waals surface area contributed by atoms with E-state index < -0.39 is 0 Å². The molecule has 15 heavy (non-hydrogen) atoms. The molecule has 5 heteroatoms. The van der Waals surface area contributed by atoms with E-state index in [9.17, 15) is 9.59 Å². The number of carbonyl (C=O) groups excluding carboxylic acids is 2. The predicted molar refractivity (Wildman–Crippen MR) is 57.3 cm³/mol. The Balaban J connectivity index is 3.74. The maximum absolute atomic E-state index is 11.4. The Labute approximate surface area is 90.5 Å². The Hall–Kier alpha value is -1.10. The van der Waals surface area contributed by atoms with Gasteiger partial charge in [0, 0.05) is 26.1 Å². The maximum Gasteiger partial charge on any atom is 0.241 e. The van der Waals surface area contributed by atoms with Crippen LogP contribution in [-0.2, 0) is 9.59 Å². The third-order valence-electron chi connectivity index (χ3n) is 2.11. The van der Waals surface area contributed by atoms with Gasteiger partial charge in [-0.1, -0.05) is 0 Å². The van der Waals surface area contributed by atoms with Crippen LogP contribution in [0.3, 0.4) is 0 Å². The third kappa shape index (κ3) is 6.06. The van der Waals surface area contributed by atoms with Crippen molar-refractivity contribution in [3.63, 3.8) is 0 Å². The van der Waals surface area contributed by atoms with E-state index >= 15 is 0 Å². The summed E-state index contributed by atoms with van der Waals surface area (Å²) in [4.78, 5) is 24.2.